The monoisotopic (exact) mass is 251 g/mol. The Morgan fingerprint density at radius 1 is 1.33 bits per heavy atom. The van der Waals surface area contributed by atoms with Crippen molar-refractivity contribution in [2.45, 2.75) is 31.8 Å². The van der Waals surface area contributed by atoms with Gasteiger partial charge in [0.05, 0.1) is 18.3 Å². The quantitative estimate of drug-likeness (QED) is 0.817. The van der Waals surface area contributed by atoms with Crippen molar-refractivity contribution < 1.29 is 13.9 Å². The van der Waals surface area contributed by atoms with Crippen molar-refractivity contribution in [3.05, 3.63) is 35.6 Å². The molecule has 0 bridgehead atoms. The van der Waals surface area contributed by atoms with Crippen LogP contribution in [0.1, 0.15) is 36.0 Å². The van der Waals surface area contributed by atoms with Gasteiger partial charge < -0.3 is 10.1 Å². The molecular formula is C14H18FNO2. The van der Waals surface area contributed by atoms with Crippen LogP contribution in [0.5, 0.6) is 0 Å². The Morgan fingerprint density at radius 3 is 2.78 bits per heavy atom. The van der Waals surface area contributed by atoms with Crippen molar-refractivity contribution in [3.63, 3.8) is 0 Å². The lowest BCUT2D eigenvalue weighted by Gasteiger charge is -2.11. The van der Waals surface area contributed by atoms with Gasteiger partial charge >= 0.3 is 0 Å². The lowest BCUT2D eigenvalue weighted by molar-refractivity contribution is 0.0581. The number of hydrogen-bond acceptors (Lipinski definition) is 2. The minimum atomic E-state index is -0.494. The molecule has 0 spiro atoms. The number of carbonyl (C=O) groups is 1. The average Bonchev–Trinajstić information content (AvgIpc) is 2.88. The van der Waals surface area contributed by atoms with Crippen molar-refractivity contribution in [2.24, 2.45) is 0 Å². The van der Waals surface area contributed by atoms with Crippen LogP contribution >= 0.6 is 0 Å². The average molecular weight is 251 g/mol. The van der Waals surface area contributed by atoms with Gasteiger partial charge in [0.25, 0.3) is 5.91 Å². The summed E-state index contributed by atoms with van der Waals surface area (Å²) in [7, 11) is 0. The molecule has 2 rings (SSSR count). The molecule has 0 aliphatic heterocycles. The van der Waals surface area contributed by atoms with Gasteiger partial charge in [0, 0.05) is 6.54 Å². The van der Waals surface area contributed by atoms with Crippen LogP contribution in [0.4, 0.5) is 4.39 Å². The normalized spacial score (nSPS) is 15.8. The summed E-state index contributed by atoms with van der Waals surface area (Å²) in [5.74, 6) is -0.880. The van der Waals surface area contributed by atoms with E-state index >= 15 is 0 Å². The van der Waals surface area contributed by atoms with Crippen LogP contribution in [0.25, 0.3) is 0 Å². The van der Waals surface area contributed by atoms with Gasteiger partial charge in [0.2, 0.25) is 0 Å². The molecule has 1 saturated carbocycles. The summed E-state index contributed by atoms with van der Waals surface area (Å²) in [6.07, 6.45) is 5.02. The standard InChI is InChI=1S/C14H18FNO2/c15-13-8-4-3-7-12(13)14(17)16-9-10-18-11-5-1-2-6-11/h3-4,7-8,11H,1-2,5-6,9-10H2,(H,16,17). The van der Waals surface area contributed by atoms with Gasteiger partial charge in [-0.2, -0.15) is 0 Å². The molecule has 0 radical (unpaired) electrons. The van der Waals surface area contributed by atoms with Crippen LogP contribution in [0.2, 0.25) is 0 Å². The van der Waals surface area contributed by atoms with Crippen molar-refractivity contribution in [1.82, 2.24) is 5.32 Å². The van der Waals surface area contributed by atoms with Gasteiger partial charge in [0.15, 0.2) is 0 Å². The molecule has 0 unspecified atom stereocenters. The van der Waals surface area contributed by atoms with Gasteiger partial charge in [-0.1, -0.05) is 25.0 Å². The predicted octanol–water partition coefficient (Wildman–Crippen LogP) is 2.51. The van der Waals surface area contributed by atoms with Crippen molar-refractivity contribution in [2.75, 3.05) is 13.2 Å². The van der Waals surface area contributed by atoms with Crippen molar-refractivity contribution >= 4 is 5.91 Å². The van der Waals surface area contributed by atoms with E-state index in [9.17, 15) is 9.18 Å². The summed E-state index contributed by atoms with van der Waals surface area (Å²) in [6.45, 7) is 0.911. The van der Waals surface area contributed by atoms with E-state index < -0.39 is 5.82 Å². The first kappa shape index (κ1) is 13.0. The number of halogens is 1. The summed E-state index contributed by atoms with van der Waals surface area (Å²) in [4.78, 5) is 11.7. The molecule has 4 heteroatoms. The molecule has 1 N–H and O–H groups in total. The Hall–Kier alpha value is -1.42. The number of carbonyl (C=O) groups excluding carboxylic acids is 1. The second-order valence-electron chi connectivity index (χ2n) is 4.51. The minimum Gasteiger partial charge on any atom is -0.376 e. The fourth-order valence-electron chi connectivity index (χ4n) is 2.19. The van der Waals surface area contributed by atoms with Crippen LogP contribution in [-0.2, 0) is 4.74 Å². The number of amides is 1. The molecule has 1 aliphatic rings. The van der Waals surface area contributed by atoms with E-state index in [1.165, 1.54) is 25.0 Å². The Labute approximate surface area is 106 Å². The van der Waals surface area contributed by atoms with Crippen LogP contribution in [0, 0.1) is 5.82 Å². The third-order valence-corrected chi connectivity index (χ3v) is 3.16. The highest BCUT2D eigenvalue weighted by atomic mass is 19.1. The maximum atomic E-state index is 13.3. The van der Waals surface area contributed by atoms with Crippen LogP contribution in [0.15, 0.2) is 24.3 Å². The summed E-state index contributed by atoms with van der Waals surface area (Å²) < 4.78 is 18.9. The topological polar surface area (TPSA) is 38.3 Å². The molecule has 1 aliphatic carbocycles. The van der Waals surface area contributed by atoms with Crippen molar-refractivity contribution in [1.29, 1.82) is 0 Å². The highest BCUT2D eigenvalue weighted by Crippen LogP contribution is 2.20. The molecule has 0 heterocycles. The lowest BCUT2D eigenvalue weighted by Crippen LogP contribution is -2.29. The number of ether oxygens (including phenoxy) is 1. The first-order valence-corrected chi connectivity index (χ1v) is 6.41. The highest BCUT2D eigenvalue weighted by Gasteiger charge is 2.15. The van der Waals surface area contributed by atoms with E-state index in [-0.39, 0.29) is 11.5 Å². The zero-order valence-corrected chi connectivity index (χ0v) is 10.3. The van der Waals surface area contributed by atoms with E-state index in [4.69, 9.17) is 4.74 Å². The Morgan fingerprint density at radius 2 is 2.06 bits per heavy atom. The van der Waals surface area contributed by atoms with Crippen LogP contribution in [0.3, 0.4) is 0 Å². The van der Waals surface area contributed by atoms with E-state index in [0.717, 1.165) is 12.8 Å². The van der Waals surface area contributed by atoms with Gasteiger partial charge in [0.1, 0.15) is 5.82 Å². The van der Waals surface area contributed by atoms with E-state index in [0.29, 0.717) is 19.3 Å². The summed E-state index contributed by atoms with van der Waals surface area (Å²) in [5.41, 5.74) is 0.0818. The van der Waals surface area contributed by atoms with Gasteiger partial charge in [-0.05, 0) is 25.0 Å². The SMILES string of the molecule is O=C(NCCOC1CCCC1)c1ccccc1F. The highest BCUT2D eigenvalue weighted by molar-refractivity contribution is 5.94. The lowest BCUT2D eigenvalue weighted by atomic mass is 10.2. The first-order chi connectivity index (χ1) is 8.77. The molecule has 0 saturated heterocycles. The van der Waals surface area contributed by atoms with E-state index in [2.05, 4.69) is 5.32 Å². The molecular weight excluding hydrogens is 233 g/mol. The van der Waals surface area contributed by atoms with Crippen LogP contribution in [-0.4, -0.2) is 25.2 Å². The molecule has 0 atom stereocenters. The molecule has 1 amide bonds. The minimum absolute atomic E-state index is 0.0818. The summed E-state index contributed by atoms with van der Waals surface area (Å²) in [5, 5.41) is 2.66. The second kappa shape index (κ2) is 6.50. The maximum Gasteiger partial charge on any atom is 0.254 e. The summed E-state index contributed by atoms with van der Waals surface area (Å²) >= 11 is 0. The molecule has 1 aromatic rings. The van der Waals surface area contributed by atoms with Gasteiger partial charge in [-0.25, -0.2) is 4.39 Å². The number of benzene rings is 1. The third-order valence-electron chi connectivity index (χ3n) is 3.16. The van der Waals surface area contributed by atoms with E-state index in [1.807, 2.05) is 0 Å². The predicted molar refractivity (Wildman–Crippen MR) is 66.9 cm³/mol. The number of hydrogen-bond donors (Lipinski definition) is 1. The Kier molecular flexibility index (Phi) is 4.70. The molecule has 18 heavy (non-hydrogen) atoms. The molecule has 1 aromatic carbocycles. The third kappa shape index (κ3) is 3.53. The first-order valence-electron chi connectivity index (χ1n) is 6.41. The Bertz CT molecular complexity index is 403. The molecule has 1 fully saturated rings. The number of rotatable bonds is 5. The van der Waals surface area contributed by atoms with Crippen LogP contribution < -0.4 is 5.32 Å². The second-order valence-corrected chi connectivity index (χ2v) is 4.51. The zero-order chi connectivity index (χ0) is 12.8. The smallest absolute Gasteiger partial charge is 0.254 e. The van der Waals surface area contributed by atoms with Gasteiger partial charge in [-0.15, -0.1) is 0 Å². The molecule has 0 aromatic heterocycles. The molecule has 98 valence electrons. The molecule has 3 nitrogen and oxygen atoms in total. The fraction of sp³-hybridized carbons (Fsp3) is 0.500. The fourth-order valence-corrected chi connectivity index (χ4v) is 2.19. The summed E-state index contributed by atoms with van der Waals surface area (Å²) in [6, 6.07) is 5.97. The van der Waals surface area contributed by atoms with Gasteiger partial charge in [-0.3, -0.25) is 4.79 Å². The van der Waals surface area contributed by atoms with E-state index in [1.54, 1.807) is 12.1 Å². The number of nitrogens with one attached hydrogen (secondary N) is 1. The maximum absolute atomic E-state index is 13.3. The largest absolute Gasteiger partial charge is 0.376 e. The van der Waals surface area contributed by atoms with Crippen molar-refractivity contribution in [3.8, 4) is 0 Å². The Balaban J connectivity index is 1.70. The zero-order valence-electron chi connectivity index (χ0n) is 10.3.